The molecule has 88 valence electrons. The van der Waals surface area contributed by atoms with Gasteiger partial charge < -0.3 is 5.32 Å². The van der Waals surface area contributed by atoms with E-state index in [1.165, 1.54) is 6.42 Å². The summed E-state index contributed by atoms with van der Waals surface area (Å²) in [6.45, 7) is 3.29. The predicted molar refractivity (Wildman–Crippen MR) is 59.6 cm³/mol. The standard InChI is InChI=1S/C11H22FN3/c1-15-8-2-3-10(15)14-9-11(12)4-6-13-7-5-11/h10,13-14H,2-9H2,1H3. The summed E-state index contributed by atoms with van der Waals surface area (Å²) in [6, 6.07) is 0. The van der Waals surface area contributed by atoms with E-state index in [4.69, 9.17) is 0 Å². The zero-order valence-electron chi connectivity index (χ0n) is 9.56. The molecule has 0 radical (unpaired) electrons. The molecular weight excluding hydrogens is 193 g/mol. The highest BCUT2D eigenvalue weighted by molar-refractivity contribution is 4.88. The third-order valence-corrected chi connectivity index (χ3v) is 3.67. The molecule has 1 unspecified atom stereocenters. The molecule has 1 atom stereocenters. The highest BCUT2D eigenvalue weighted by atomic mass is 19.1. The Morgan fingerprint density at radius 2 is 2.20 bits per heavy atom. The summed E-state index contributed by atoms with van der Waals surface area (Å²) in [5, 5.41) is 6.56. The highest BCUT2D eigenvalue weighted by Gasteiger charge is 2.33. The second-order valence-electron chi connectivity index (χ2n) is 4.92. The normalized spacial score (nSPS) is 32.0. The number of hydrogen-bond donors (Lipinski definition) is 2. The number of likely N-dealkylation sites (tertiary alicyclic amines) is 1. The molecule has 0 aromatic rings. The predicted octanol–water partition coefficient (Wildman–Crippen LogP) is 0.719. The monoisotopic (exact) mass is 215 g/mol. The molecule has 15 heavy (non-hydrogen) atoms. The Balaban J connectivity index is 1.76. The van der Waals surface area contributed by atoms with E-state index in [1.807, 2.05) is 0 Å². The molecule has 0 saturated carbocycles. The van der Waals surface area contributed by atoms with Gasteiger partial charge in [-0.25, -0.2) is 4.39 Å². The van der Waals surface area contributed by atoms with Crippen LogP contribution in [0.2, 0.25) is 0 Å². The largest absolute Gasteiger partial charge is 0.316 e. The van der Waals surface area contributed by atoms with E-state index in [1.54, 1.807) is 0 Å². The van der Waals surface area contributed by atoms with Gasteiger partial charge in [0, 0.05) is 6.54 Å². The fourth-order valence-corrected chi connectivity index (χ4v) is 2.52. The van der Waals surface area contributed by atoms with Crippen LogP contribution in [0.15, 0.2) is 0 Å². The minimum atomic E-state index is -0.978. The molecular formula is C11H22FN3. The first kappa shape index (κ1) is 11.3. The van der Waals surface area contributed by atoms with Gasteiger partial charge >= 0.3 is 0 Å². The van der Waals surface area contributed by atoms with Crippen LogP contribution in [0.1, 0.15) is 25.7 Å². The topological polar surface area (TPSA) is 27.3 Å². The molecule has 0 amide bonds. The van der Waals surface area contributed by atoms with Crippen molar-refractivity contribution in [2.24, 2.45) is 0 Å². The minimum absolute atomic E-state index is 0.396. The van der Waals surface area contributed by atoms with Crippen molar-refractivity contribution in [1.29, 1.82) is 0 Å². The molecule has 0 spiro atoms. The molecule has 2 aliphatic rings. The highest BCUT2D eigenvalue weighted by Crippen LogP contribution is 2.23. The van der Waals surface area contributed by atoms with Gasteiger partial charge in [0.2, 0.25) is 0 Å². The first-order valence-corrected chi connectivity index (χ1v) is 6.03. The number of halogens is 1. The summed E-state index contributed by atoms with van der Waals surface area (Å²) in [6.07, 6.45) is 4.08. The van der Waals surface area contributed by atoms with E-state index >= 15 is 0 Å². The van der Waals surface area contributed by atoms with Gasteiger partial charge in [-0.3, -0.25) is 10.2 Å². The molecule has 0 aliphatic carbocycles. The third-order valence-electron chi connectivity index (χ3n) is 3.67. The van der Waals surface area contributed by atoms with Crippen molar-refractivity contribution >= 4 is 0 Å². The molecule has 4 heteroatoms. The van der Waals surface area contributed by atoms with Crippen LogP contribution >= 0.6 is 0 Å². The van der Waals surface area contributed by atoms with Gasteiger partial charge in [0.25, 0.3) is 0 Å². The number of nitrogens with zero attached hydrogens (tertiary/aromatic N) is 1. The smallest absolute Gasteiger partial charge is 0.125 e. The SMILES string of the molecule is CN1CCCC1NCC1(F)CCNCC1. The van der Waals surface area contributed by atoms with E-state index < -0.39 is 5.67 Å². The molecule has 2 saturated heterocycles. The lowest BCUT2D eigenvalue weighted by Gasteiger charge is -2.32. The quantitative estimate of drug-likeness (QED) is 0.726. The number of alkyl halides is 1. The van der Waals surface area contributed by atoms with Crippen LogP contribution in [0.4, 0.5) is 4.39 Å². The van der Waals surface area contributed by atoms with Crippen LogP contribution in [0.3, 0.4) is 0 Å². The third kappa shape index (κ3) is 2.89. The lowest BCUT2D eigenvalue weighted by Crippen LogP contribution is -2.50. The van der Waals surface area contributed by atoms with Crippen molar-refractivity contribution < 1.29 is 4.39 Å². The van der Waals surface area contributed by atoms with Gasteiger partial charge in [0.15, 0.2) is 0 Å². The van der Waals surface area contributed by atoms with Crippen molar-refractivity contribution in [2.45, 2.75) is 37.5 Å². The second kappa shape index (κ2) is 4.76. The summed E-state index contributed by atoms with van der Waals surface area (Å²) in [4.78, 5) is 2.28. The molecule has 0 aromatic heterocycles. The Labute approximate surface area is 91.4 Å². The van der Waals surface area contributed by atoms with Gasteiger partial charge in [0.1, 0.15) is 5.67 Å². The molecule has 0 bridgehead atoms. The molecule has 2 rings (SSSR count). The van der Waals surface area contributed by atoms with Gasteiger partial charge in [-0.05, 0) is 52.4 Å². The number of rotatable bonds is 3. The number of nitrogens with one attached hydrogen (secondary N) is 2. The van der Waals surface area contributed by atoms with Crippen LogP contribution in [0.5, 0.6) is 0 Å². The maximum Gasteiger partial charge on any atom is 0.125 e. The van der Waals surface area contributed by atoms with Crippen LogP contribution in [-0.4, -0.2) is 50.0 Å². The number of hydrogen-bond acceptors (Lipinski definition) is 3. The van der Waals surface area contributed by atoms with Crippen molar-refractivity contribution in [3.8, 4) is 0 Å². The fraction of sp³-hybridized carbons (Fsp3) is 1.00. The minimum Gasteiger partial charge on any atom is -0.316 e. The van der Waals surface area contributed by atoms with Gasteiger partial charge in [-0.2, -0.15) is 0 Å². The first-order chi connectivity index (χ1) is 7.20. The van der Waals surface area contributed by atoms with Gasteiger partial charge in [0.05, 0.1) is 6.17 Å². The Hall–Kier alpha value is -0.190. The summed E-state index contributed by atoms with van der Waals surface area (Å²) >= 11 is 0. The summed E-state index contributed by atoms with van der Waals surface area (Å²) in [5.41, 5.74) is -0.978. The summed E-state index contributed by atoms with van der Waals surface area (Å²) in [5.74, 6) is 0. The molecule has 0 aromatic carbocycles. The van der Waals surface area contributed by atoms with Crippen LogP contribution in [0.25, 0.3) is 0 Å². The average molecular weight is 215 g/mol. The van der Waals surface area contributed by atoms with Gasteiger partial charge in [-0.1, -0.05) is 0 Å². The number of piperidine rings is 1. The Morgan fingerprint density at radius 3 is 2.80 bits per heavy atom. The van der Waals surface area contributed by atoms with Crippen molar-refractivity contribution in [2.75, 3.05) is 33.2 Å². The first-order valence-electron chi connectivity index (χ1n) is 6.03. The molecule has 2 heterocycles. The average Bonchev–Trinajstić information content (AvgIpc) is 2.62. The zero-order valence-corrected chi connectivity index (χ0v) is 9.56. The summed E-state index contributed by atoms with van der Waals surface area (Å²) in [7, 11) is 2.11. The zero-order chi connectivity index (χ0) is 10.7. The van der Waals surface area contributed by atoms with Crippen molar-refractivity contribution in [3.63, 3.8) is 0 Å². The van der Waals surface area contributed by atoms with E-state index in [2.05, 4.69) is 22.6 Å². The lowest BCUT2D eigenvalue weighted by atomic mass is 9.94. The van der Waals surface area contributed by atoms with Crippen molar-refractivity contribution in [1.82, 2.24) is 15.5 Å². The summed E-state index contributed by atoms with van der Waals surface area (Å²) < 4.78 is 14.2. The molecule has 2 aliphatic heterocycles. The van der Waals surface area contributed by atoms with Gasteiger partial charge in [-0.15, -0.1) is 0 Å². The maximum absolute atomic E-state index is 14.2. The van der Waals surface area contributed by atoms with E-state index in [-0.39, 0.29) is 0 Å². The molecule has 2 N–H and O–H groups in total. The van der Waals surface area contributed by atoms with Crippen LogP contribution in [-0.2, 0) is 0 Å². The van der Waals surface area contributed by atoms with Crippen LogP contribution < -0.4 is 10.6 Å². The van der Waals surface area contributed by atoms with E-state index in [9.17, 15) is 4.39 Å². The lowest BCUT2D eigenvalue weighted by molar-refractivity contribution is 0.0994. The Morgan fingerprint density at radius 1 is 1.47 bits per heavy atom. The fourth-order valence-electron chi connectivity index (χ4n) is 2.52. The maximum atomic E-state index is 14.2. The van der Waals surface area contributed by atoms with Crippen LogP contribution in [0, 0.1) is 0 Å². The Bertz CT molecular complexity index is 204. The Kier molecular flexibility index (Phi) is 3.59. The van der Waals surface area contributed by atoms with E-state index in [0.717, 1.165) is 26.1 Å². The van der Waals surface area contributed by atoms with Crippen molar-refractivity contribution in [3.05, 3.63) is 0 Å². The molecule has 3 nitrogen and oxygen atoms in total. The van der Waals surface area contributed by atoms with E-state index in [0.29, 0.717) is 25.6 Å². The molecule has 2 fully saturated rings. The second-order valence-corrected chi connectivity index (χ2v) is 4.92.